The van der Waals surface area contributed by atoms with E-state index in [2.05, 4.69) is 85.3 Å². The highest BCUT2D eigenvalue weighted by atomic mass is 15.3. The summed E-state index contributed by atoms with van der Waals surface area (Å²) in [6.07, 6.45) is 6.92. The third-order valence-electron chi connectivity index (χ3n) is 4.70. The molecule has 0 bridgehead atoms. The number of nitrogens with zero attached hydrogens (tertiary/aromatic N) is 5. The van der Waals surface area contributed by atoms with E-state index < -0.39 is 0 Å². The number of hydrogen-bond donors (Lipinski definition) is 2. The summed E-state index contributed by atoms with van der Waals surface area (Å²) in [7, 11) is 0. The standard InChI is InChI=1S/C21H31N7/c1-3-11-22-21(24-13-16-28-17-25-26-20(28)4-2)23-12-7-14-27-15-10-18-8-5-6-9-19(18)27/h5-6,8-10,15,17H,3-4,7,11-14,16H2,1-2H3,(H2,22,23,24). The molecule has 0 aliphatic carbocycles. The summed E-state index contributed by atoms with van der Waals surface area (Å²) >= 11 is 0. The van der Waals surface area contributed by atoms with Crippen LogP contribution in [0.4, 0.5) is 0 Å². The molecular formula is C21H31N7. The van der Waals surface area contributed by atoms with E-state index in [1.807, 2.05) is 0 Å². The summed E-state index contributed by atoms with van der Waals surface area (Å²) in [6.45, 7) is 8.56. The van der Waals surface area contributed by atoms with Crippen LogP contribution in [0.25, 0.3) is 10.9 Å². The van der Waals surface area contributed by atoms with Crippen molar-refractivity contribution in [1.82, 2.24) is 30.0 Å². The molecule has 0 saturated carbocycles. The summed E-state index contributed by atoms with van der Waals surface area (Å²) in [5.41, 5.74) is 1.29. The molecule has 0 radical (unpaired) electrons. The summed E-state index contributed by atoms with van der Waals surface area (Å²) in [5.74, 6) is 1.89. The fourth-order valence-corrected chi connectivity index (χ4v) is 3.22. The predicted octanol–water partition coefficient (Wildman–Crippen LogP) is 2.83. The minimum absolute atomic E-state index is 0.794. The van der Waals surface area contributed by atoms with Gasteiger partial charge in [-0.1, -0.05) is 32.0 Å². The van der Waals surface area contributed by atoms with Gasteiger partial charge in [-0.2, -0.15) is 0 Å². The van der Waals surface area contributed by atoms with Crippen LogP contribution in [0.2, 0.25) is 0 Å². The van der Waals surface area contributed by atoms with Crippen LogP contribution in [0.15, 0.2) is 47.8 Å². The van der Waals surface area contributed by atoms with Crippen molar-refractivity contribution in [3.05, 3.63) is 48.7 Å². The first-order valence-electron chi connectivity index (χ1n) is 10.2. The van der Waals surface area contributed by atoms with Gasteiger partial charge in [-0.25, -0.2) is 0 Å². The molecule has 7 heteroatoms. The fraction of sp³-hybridized carbons (Fsp3) is 0.476. The largest absolute Gasteiger partial charge is 0.356 e. The SMILES string of the molecule is CCCN=C(NCCCn1ccc2ccccc21)NCCn1cnnc1CC. The molecule has 0 fully saturated rings. The Bertz CT molecular complexity index is 878. The Morgan fingerprint density at radius 2 is 1.89 bits per heavy atom. The van der Waals surface area contributed by atoms with E-state index in [1.165, 1.54) is 10.9 Å². The van der Waals surface area contributed by atoms with E-state index in [0.717, 1.165) is 63.8 Å². The average Bonchev–Trinajstić information content (AvgIpc) is 3.35. The first-order chi connectivity index (χ1) is 13.8. The Labute approximate surface area is 166 Å². The Balaban J connectivity index is 1.44. The topological polar surface area (TPSA) is 72.1 Å². The van der Waals surface area contributed by atoms with Crippen LogP contribution in [0, 0.1) is 0 Å². The number of hydrogen-bond acceptors (Lipinski definition) is 3. The Morgan fingerprint density at radius 3 is 2.75 bits per heavy atom. The molecule has 0 amide bonds. The summed E-state index contributed by atoms with van der Waals surface area (Å²) < 4.78 is 4.40. The molecule has 2 N–H and O–H groups in total. The van der Waals surface area contributed by atoms with Crippen molar-refractivity contribution in [2.24, 2.45) is 4.99 Å². The molecule has 1 aromatic carbocycles. The van der Waals surface area contributed by atoms with E-state index in [9.17, 15) is 0 Å². The Kier molecular flexibility index (Phi) is 7.46. The lowest BCUT2D eigenvalue weighted by Crippen LogP contribution is -2.39. The molecule has 0 unspecified atom stereocenters. The quantitative estimate of drug-likeness (QED) is 0.322. The van der Waals surface area contributed by atoms with E-state index in [-0.39, 0.29) is 0 Å². The van der Waals surface area contributed by atoms with E-state index in [1.54, 1.807) is 6.33 Å². The number of fused-ring (bicyclic) bond motifs is 1. The number of guanidine groups is 1. The summed E-state index contributed by atoms with van der Waals surface area (Å²) in [4.78, 5) is 4.64. The molecule has 28 heavy (non-hydrogen) atoms. The summed E-state index contributed by atoms with van der Waals surface area (Å²) in [6, 6.07) is 10.7. The fourth-order valence-electron chi connectivity index (χ4n) is 3.22. The van der Waals surface area contributed by atoms with Crippen molar-refractivity contribution < 1.29 is 0 Å². The number of aliphatic imine (C=N–C) groups is 1. The second-order valence-electron chi connectivity index (χ2n) is 6.80. The number of rotatable bonds is 10. The lowest BCUT2D eigenvalue weighted by molar-refractivity contribution is 0.616. The lowest BCUT2D eigenvalue weighted by atomic mass is 10.2. The normalized spacial score (nSPS) is 11.9. The molecule has 7 nitrogen and oxygen atoms in total. The second kappa shape index (κ2) is 10.5. The Morgan fingerprint density at radius 1 is 1.04 bits per heavy atom. The minimum Gasteiger partial charge on any atom is -0.356 e. The predicted molar refractivity (Wildman–Crippen MR) is 115 cm³/mol. The molecule has 150 valence electrons. The lowest BCUT2D eigenvalue weighted by Gasteiger charge is -2.14. The van der Waals surface area contributed by atoms with Crippen molar-refractivity contribution >= 4 is 16.9 Å². The van der Waals surface area contributed by atoms with Gasteiger partial charge in [-0.3, -0.25) is 4.99 Å². The van der Waals surface area contributed by atoms with Crippen molar-refractivity contribution in [2.75, 3.05) is 19.6 Å². The zero-order chi connectivity index (χ0) is 19.6. The molecule has 2 aromatic heterocycles. The molecule has 2 heterocycles. The number of aryl methyl sites for hydroxylation is 2. The van der Waals surface area contributed by atoms with Crippen LogP contribution in [0.3, 0.4) is 0 Å². The third kappa shape index (κ3) is 5.34. The maximum absolute atomic E-state index is 4.64. The molecular weight excluding hydrogens is 350 g/mol. The Hall–Kier alpha value is -2.83. The molecule has 0 aliphatic rings. The molecule has 0 atom stereocenters. The first kappa shape index (κ1) is 19.9. The number of benzene rings is 1. The molecule has 0 spiro atoms. The van der Waals surface area contributed by atoms with Crippen molar-refractivity contribution in [2.45, 2.75) is 46.2 Å². The number of para-hydroxylation sites is 1. The smallest absolute Gasteiger partial charge is 0.191 e. The van der Waals surface area contributed by atoms with Gasteiger partial charge in [0.25, 0.3) is 0 Å². The number of nitrogens with one attached hydrogen (secondary N) is 2. The van der Waals surface area contributed by atoms with Crippen molar-refractivity contribution in [1.29, 1.82) is 0 Å². The maximum Gasteiger partial charge on any atom is 0.191 e. The van der Waals surface area contributed by atoms with Crippen LogP contribution in [0.5, 0.6) is 0 Å². The van der Waals surface area contributed by atoms with Crippen LogP contribution in [-0.4, -0.2) is 44.9 Å². The van der Waals surface area contributed by atoms with Crippen LogP contribution < -0.4 is 10.6 Å². The molecule has 0 aliphatic heterocycles. The highest BCUT2D eigenvalue weighted by molar-refractivity contribution is 5.80. The highest BCUT2D eigenvalue weighted by Crippen LogP contribution is 2.15. The van der Waals surface area contributed by atoms with Gasteiger partial charge in [0, 0.05) is 50.9 Å². The van der Waals surface area contributed by atoms with Gasteiger partial charge in [-0.15, -0.1) is 10.2 Å². The van der Waals surface area contributed by atoms with Gasteiger partial charge in [-0.05, 0) is 30.4 Å². The minimum atomic E-state index is 0.794. The zero-order valence-corrected chi connectivity index (χ0v) is 16.9. The van der Waals surface area contributed by atoms with Crippen LogP contribution >= 0.6 is 0 Å². The average molecular weight is 382 g/mol. The van der Waals surface area contributed by atoms with Gasteiger partial charge in [0.15, 0.2) is 5.96 Å². The maximum atomic E-state index is 4.64. The highest BCUT2D eigenvalue weighted by Gasteiger charge is 2.03. The van der Waals surface area contributed by atoms with Gasteiger partial charge in [0.1, 0.15) is 12.2 Å². The van der Waals surface area contributed by atoms with E-state index in [4.69, 9.17) is 0 Å². The van der Waals surface area contributed by atoms with Crippen LogP contribution in [-0.2, 0) is 19.5 Å². The second-order valence-corrected chi connectivity index (χ2v) is 6.80. The van der Waals surface area contributed by atoms with Gasteiger partial charge >= 0.3 is 0 Å². The van der Waals surface area contributed by atoms with Gasteiger partial charge < -0.3 is 19.8 Å². The van der Waals surface area contributed by atoms with E-state index in [0.29, 0.717) is 0 Å². The van der Waals surface area contributed by atoms with Crippen molar-refractivity contribution in [3.63, 3.8) is 0 Å². The molecule has 3 aromatic rings. The first-order valence-corrected chi connectivity index (χ1v) is 10.2. The third-order valence-corrected chi connectivity index (χ3v) is 4.70. The van der Waals surface area contributed by atoms with Gasteiger partial charge in [0.05, 0.1) is 0 Å². The monoisotopic (exact) mass is 381 g/mol. The molecule has 3 rings (SSSR count). The summed E-state index contributed by atoms with van der Waals surface area (Å²) in [5, 5.41) is 16.3. The van der Waals surface area contributed by atoms with Crippen molar-refractivity contribution in [3.8, 4) is 0 Å². The van der Waals surface area contributed by atoms with E-state index >= 15 is 0 Å². The zero-order valence-electron chi connectivity index (χ0n) is 16.9. The van der Waals surface area contributed by atoms with Crippen LogP contribution in [0.1, 0.15) is 32.5 Å². The van der Waals surface area contributed by atoms with Gasteiger partial charge in [0.2, 0.25) is 0 Å². The number of aromatic nitrogens is 4. The molecule has 0 saturated heterocycles.